The first kappa shape index (κ1) is 17.3. The molecule has 0 saturated heterocycles. The number of anilines is 1. The number of para-hydroxylation sites is 1. The number of carbonyl (C=O) groups excluding carboxylic acids is 1. The Labute approximate surface area is 143 Å². The van der Waals surface area contributed by atoms with Crippen molar-refractivity contribution in [1.29, 1.82) is 0 Å². The van der Waals surface area contributed by atoms with Crippen molar-refractivity contribution in [2.45, 2.75) is 13.8 Å². The minimum atomic E-state index is -0.373. The molecule has 122 valence electrons. The van der Waals surface area contributed by atoms with Crippen molar-refractivity contribution in [3.8, 4) is 5.75 Å². The molecule has 0 radical (unpaired) electrons. The monoisotopic (exact) mass is 380 g/mol. The lowest BCUT2D eigenvalue weighted by molar-refractivity contribution is 0.247. The fraction of sp³-hybridized carbons (Fsp3) is 0.235. The molecule has 0 aliphatic rings. The first-order chi connectivity index (χ1) is 11.0. The topological polar surface area (TPSA) is 50.4 Å². The maximum atomic E-state index is 13.0. The molecule has 0 aliphatic carbocycles. The first-order valence-corrected chi connectivity index (χ1v) is 7.95. The molecule has 2 amide bonds. The Kier molecular flexibility index (Phi) is 5.98. The molecule has 4 nitrogen and oxygen atoms in total. The number of hydrogen-bond acceptors (Lipinski definition) is 2. The summed E-state index contributed by atoms with van der Waals surface area (Å²) in [7, 11) is 0. The van der Waals surface area contributed by atoms with Crippen LogP contribution in [0.25, 0.3) is 0 Å². The minimum Gasteiger partial charge on any atom is -0.491 e. The third-order valence-corrected chi connectivity index (χ3v) is 3.88. The molecule has 0 aromatic heterocycles. The van der Waals surface area contributed by atoms with E-state index in [2.05, 4.69) is 26.6 Å². The van der Waals surface area contributed by atoms with Gasteiger partial charge in [0.1, 0.15) is 18.2 Å². The maximum absolute atomic E-state index is 13.0. The van der Waals surface area contributed by atoms with Crippen molar-refractivity contribution < 1.29 is 13.9 Å². The predicted octanol–water partition coefficient (Wildman–Crippen LogP) is 4.41. The van der Waals surface area contributed by atoms with Gasteiger partial charge in [0.15, 0.2) is 0 Å². The van der Waals surface area contributed by atoms with Crippen LogP contribution in [0.15, 0.2) is 40.9 Å². The Balaban J connectivity index is 1.79. The zero-order chi connectivity index (χ0) is 16.8. The number of amides is 2. The van der Waals surface area contributed by atoms with Gasteiger partial charge in [-0.2, -0.15) is 0 Å². The number of carbonyl (C=O) groups is 1. The Hall–Kier alpha value is -2.08. The van der Waals surface area contributed by atoms with Crippen molar-refractivity contribution in [3.05, 3.63) is 57.8 Å². The van der Waals surface area contributed by atoms with Crippen LogP contribution in [0.5, 0.6) is 5.75 Å². The molecular formula is C17H18BrFN2O2. The van der Waals surface area contributed by atoms with E-state index in [1.165, 1.54) is 18.2 Å². The van der Waals surface area contributed by atoms with E-state index >= 15 is 0 Å². The van der Waals surface area contributed by atoms with Gasteiger partial charge in [0.05, 0.1) is 12.2 Å². The number of halogens is 2. The Morgan fingerprint density at radius 3 is 2.57 bits per heavy atom. The smallest absolute Gasteiger partial charge is 0.319 e. The normalized spacial score (nSPS) is 10.3. The lowest BCUT2D eigenvalue weighted by Gasteiger charge is -2.13. The van der Waals surface area contributed by atoms with Crippen molar-refractivity contribution >= 4 is 27.6 Å². The van der Waals surface area contributed by atoms with Gasteiger partial charge in [-0.25, -0.2) is 9.18 Å². The summed E-state index contributed by atoms with van der Waals surface area (Å²) < 4.78 is 19.2. The first-order valence-electron chi connectivity index (χ1n) is 7.16. The molecule has 0 unspecified atom stereocenters. The highest BCUT2D eigenvalue weighted by Crippen LogP contribution is 2.23. The van der Waals surface area contributed by atoms with E-state index in [1.807, 2.05) is 32.0 Å². The number of benzene rings is 2. The highest BCUT2D eigenvalue weighted by atomic mass is 79.9. The quantitative estimate of drug-likeness (QED) is 0.754. The molecule has 23 heavy (non-hydrogen) atoms. The molecule has 0 saturated carbocycles. The molecular weight excluding hydrogens is 363 g/mol. The zero-order valence-electron chi connectivity index (χ0n) is 13.0. The Bertz CT molecular complexity index is 687. The lowest BCUT2D eigenvalue weighted by Crippen LogP contribution is -2.32. The highest BCUT2D eigenvalue weighted by molar-refractivity contribution is 9.10. The third-order valence-electron chi connectivity index (χ3n) is 3.22. The van der Waals surface area contributed by atoms with Crippen molar-refractivity contribution in [2.75, 3.05) is 18.5 Å². The van der Waals surface area contributed by atoms with Crippen LogP contribution in [0.4, 0.5) is 14.9 Å². The average molecular weight is 381 g/mol. The van der Waals surface area contributed by atoms with Crippen LogP contribution >= 0.6 is 15.9 Å². The molecule has 0 atom stereocenters. The van der Waals surface area contributed by atoms with Gasteiger partial charge in [0, 0.05) is 4.47 Å². The number of rotatable bonds is 5. The minimum absolute atomic E-state index is 0.360. The van der Waals surface area contributed by atoms with Gasteiger partial charge in [0.25, 0.3) is 0 Å². The summed E-state index contributed by atoms with van der Waals surface area (Å²) in [5.74, 6) is 0.473. The van der Waals surface area contributed by atoms with Gasteiger partial charge in [-0.05, 0) is 59.1 Å². The second kappa shape index (κ2) is 7.97. The van der Waals surface area contributed by atoms with Crippen LogP contribution in [-0.4, -0.2) is 19.2 Å². The van der Waals surface area contributed by atoms with Crippen molar-refractivity contribution in [1.82, 2.24) is 5.32 Å². The summed E-state index contributed by atoms with van der Waals surface area (Å²) in [5.41, 5.74) is 2.62. The molecule has 2 N–H and O–H groups in total. The van der Waals surface area contributed by atoms with Gasteiger partial charge in [-0.3, -0.25) is 0 Å². The number of nitrogens with one attached hydrogen (secondary N) is 2. The van der Waals surface area contributed by atoms with E-state index < -0.39 is 0 Å². The molecule has 0 heterocycles. The van der Waals surface area contributed by atoms with E-state index in [9.17, 15) is 9.18 Å². The average Bonchev–Trinajstić information content (AvgIpc) is 2.49. The van der Waals surface area contributed by atoms with Crippen LogP contribution < -0.4 is 15.4 Å². The van der Waals surface area contributed by atoms with E-state index in [4.69, 9.17) is 4.74 Å². The molecule has 2 aromatic rings. The second-order valence-electron chi connectivity index (χ2n) is 5.07. The Morgan fingerprint density at radius 1 is 1.22 bits per heavy atom. The molecule has 2 rings (SSSR count). The molecule has 0 bridgehead atoms. The summed E-state index contributed by atoms with van der Waals surface area (Å²) in [6, 6.07) is 9.63. The van der Waals surface area contributed by atoms with E-state index in [0.717, 1.165) is 16.9 Å². The summed E-state index contributed by atoms with van der Waals surface area (Å²) >= 11 is 3.20. The second-order valence-corrected chi connectivity index (χ2v) is 5.93. The van der Waals surface area contributed by atoms with E-state index in [1.54, 1.807) is 0 Å². The van der Waals surface area contributed by atoms with Gasteiger partial charge in [-0.15, -0.1) is 0 Å². The van der Waals surface area contributed by atoms with Crippen LogP contribution in [0, 0.1) is 19.7 Å². The van der Waals surface area contributed by atoms with Crippen LogP contribution in [-0.2, 0) is 0 Å². The summed E-state index contributed by atoms with van der Waals surface area (Å²) in [4.78, 5) is 11.8. The SMILES string of the molecule is Cc1cccc(C)c1OCCNC(=O)Nc1ccc(F)cc1Br. The molecule has 0 spiro atoms. The van der Waals surface area contributed by atoms with Crippen LogP contribution in [0.3, 0.4) is 0 Å². The number of urea groups is 1. The summed E-state index contributed by atoms with van der Waals surface area (Å²) in [5, 5.41) is 5.33. The van der Waals surface area contributed by atoms with Crippen LogP contribution in [0.1, 0.15) is 11.1 Å². The number of aryl methyl sites for hydroxylation is 2. The Morgan fingerprint density at radius 2 is 1.91 bits per heavy atom. The fourth-order valence-corrected chi connectivity index (χ4v) is 2.55. The van der Waals surface area contributed by atoms with Gasteiger partial charge < -0.3 is 15.4 Å². The largest absolute Gasteiger partial charge is 0.491 e. The van der Waals surface area contributed by atoms with E-state index in [0.29, 0.717) is 23.3 Å². The summed E-state index contributed by atoms with van der Waals surface area (Å²) in [6.07, 6.45) is 0. The van der Waals surface area contributed by atoms with Crippen molar-refractivity contribution in [3.63, 3.8) is 0 Å². The van der Waals surface area contributed by atoms with Crippen LogP contribution in [0.2, 0.25) is 0 Å². The number of hydrogen-bond donors (Lipinski definition) is 2. The molecule has 2 aromatic carbocycles. The third kappa shape index (κ3) is 4.96. The predicted molar refractivity (Wildman–Crippen MR) is 92.5 cm³/mol. The molecule has 6 heteroatoms. The van der Waals surface area contributed by atoms with Gasteiger partial charge in [-0.1, -0.05) is 18.2 Å². The maximum Gasteiger partial charge on any atom is 0.319 e. The van der Waals surface area contributed by atoms with Gasteiger partial charge >= 0.3 is 6.03 Å². The molecule has 0 fully saturated rings. The lowest BCUT2D eigenvalue weighted by atomic mass is 10.1. The number of ether oxygens (including phenoxy) is 1. The standard InChI is InChI=1S/C17H18BrFN2O2/c1-11-4-3-5-12(2)16(11)23-9-8-20-17(22)21-15-7-6-13(19)10-14(15)18/h3-7,10H,8-9H2,1-2H3,(H2,20,21,22). The van der Waals surface area contributed by atoms with E-state index in [-0.39, 0.29) is 11.8 Å². The fourth-order valence-electron chi connectivity index (χ4n) is 2.10. The summed E-state index contributed by atoms with van der Waals surface area (Å²) in [6.45, 7) is 4.69. The zero-order valence-corrected chi connectivity index (χ0v) is 14.5. The highest BCUT2D eigenvalue weighted by Gasteiger charge is 2.07. The van der Waals surface area contributed by atoms with Crippen molar-refractivity contribution in [2.24, 2.45) is 0 Å². The molecule has 0 aliphatic heterocycles. The van der Waals surface area contributed by atoms with Gasteiger partial charge in [0.2, 0.25) is 0 Å².